The van der Waals surface area contributed by atoms with Gasteiger partial charge in [-0.25, -0.2) is 9.97 Å². The highest BCUT2D eigenvalue weighted by Gasteiger charge is 2.20. The van der Waals surface area contributed by atoms with Crippen molar-refractivity contribution in [3.63, 3.8) is 0 Å². The molecule has 0 bridgehead atoms. The summed E-state index contributed by atoms with van der Waals surface area (Å²) in [5.74, 6) is 2.64. The number of hydrogen-bond acceptors (Lipinski definition) is 4. The molecular weight excluding hydrogens is 578 g/mol. The Morgan fingerprint density at radius 2 is 0.957 bits per heavy atom. The highest BCUT2D eigenvalue weighted by atomic mass is 15.2. The van der Waals surface area contributed by atoms with E-state index in [9.17, 15) is 0 Å². The summed E-state index contributed by atoms with van der Waals surface area (Å²) in [5.41, 5.74) is 9.09. The van der Waals surface area contributed by atoms with Crippen molar-refractivity contribution in [1.82, 2.24) is 33.5 Å². The van der Waals surface area contributed by atoms with E-state index < -0.39 is 0 Å². The van der Waals surface area contributed by atoms with Crippen molar-refractivity contribution < 1.29 is 0 Å². The first kappa shape index (κ1) is 25.7. The predicted molar refractivity (Wildman–Crippen MR) is 188 cm³/mol. The summed E-state index contributed by atoms with van der Waals surface area (Å²) in [7, 11) is 0. The smallest absolute Gasteiger partial charge is 0.238 e. The van der Waals surface area contributed by atoms with Crippen LogP contribution >= 0.6 is 0 Å². The van der Waals surface area contributed by atoms with Crippen molar-refractivity contribution in [3.8, 4) is 34.4 Å². The van der Waals surface area contributed by atoms with Crippen LogP contribution in [-0.2, 0) is 0 Å². The highest BCUT2D eigenvalue weighted by Crippen LogP contribution is 2.33. The van der Waals surface area contributed by atoms with E-state index in [-0.39, 0.29) is 0 Å². The molecule has 10 rings (SSSR count). The van der Waals surface area contributed by atoms with Gasteiger partial charge in [-0.1, -0.05) is 103 Å². The number of para-hydroxylation sites is 6. The van der Waals surface area contributed by atoms with E-state index >= 15 is 0 Å². The Hall–Kier alpha value is -6.60. The molecule has 0 saturated heterocycles. The zero-order valence-electron chi connectivity index (χ0n) is 25.1. The minimum Gasteiger partial charge on any atom is -0.278 e. The molecule has 0 aliphatic rings. The molecule has 0 aliphatic heterocycles. The summed E-state index contributed by atoms with van der Waals surface area (Å²) in [6.07, 6.45) is 0. The Kier molecular flexibility index (Phi) is 5.44. The fraction of sp³-hybridized carbons (Fsp3) is 0. The topological polar surface area (TPSA) is 65.8 Å². The number of nitrogens with zero attached hydrogens (tertiary/aromatic N) is 7. The third-order valence-corrected chi connectivity index (χ3v) is 8.90. The van der Waals surface area contributed by atoms with Crippen molar-refractivity contribution in [2.45, 2.75) is 0 Å². The van der Waals surface area contributed by atoms with Crippen LogP contribution in [0.1, 0.15) is 0 Å². The number of aromatic nitrogens is 7. The lowest BCUT2D eigenvalue weighted by atomic mass is 10.1. The number of benzene rings is 6. The normalized spacial score (nSPS) is 11.8. The van der Waals surface area contributed by atoms with Gasteiger partial charge in [-0.15, -0.1) is 0 Å². The molecule has 4 heterocycles. The van der Waals surface area contributed by atoms with Crippen molar-refractivity contribution >= 4 is 49.7 Å². The molecule has 0 atom stereocenters. The van der Waals surface area contributed by atoms with E-state index in [1.165, 1.54) is 0 Å². The molecule has 6 aromatic carbocycles. The van der Waals surface area contributed by atoms with Gasteiger partial charge in [0.2, 0.25) is 11.7 Å². The molecule has 7 nitrogen and oxygen atoms in total. The van der Waals surface area contributed by atoms with Crippen LogP contribution in [0.25, 0.3) is 84.1 Å². The highest BCUT2D eigenvalue weighted by molar-refractivity contribution is 6.09. The van der Waals surface area contributed by atoms with Crippen LogP contribution in [0.15, 0.2) is 152 Å². The maximum atomic E-state index is 5.16. The van der Waals surface area contributed by atoms with Gasteiger partial charge in [0.1, 0.15) is 0 Å². The van der Waals surface area contributed by atoms with Gasteiger partial charge in [0.15, 0.2) is 11.6 Å². The molecule has 4 aromatic heterocycles. The zero-order chi connectivity index (χ0) is 30.9. The van der Waals surface area contributed by atoms with Gasteiger partial charge in [-0.2, -0.15) is 9.97 Å². The second-order valence-electron chi connectivity index (χ2n) is 11.6. The second kappa shape index (κ2) is 9.95. The molecule has 47 heavy (non-hydrogen) atoms. The molecule has 0 saturated carbocycles. The zero-order valence-corrected chi connectivity index (χ0v) is 25.1. The molecule has 0 radical (unpaired) electrons. The van der Waals surface area contributed by atoms with E-state index in [2.05, 4.69) is 129 Å². The number of fused-ring (bicyclic) bond motifs is 8. The Morgan fingerprint density at radius 1 is 0.383 bits per heavy atom. The lowest BCUT2D eigenvalue weighted by Gasteiger charge is -2.12. The maximum Gasteiger partial charge on any atom is 0.238 e. The van der Waals surface area contributed by atoms with Crippen LogP contribution in [0.4, 0.5) is 0 Å². The van der Waals surface area contributed by atoms with E-state index in [4.69, 9.17) is 19.9 Å². The van der Waals surface area contributed by atoms with Crippen molar-refractivity contribution in [1.29, 1.82) is 0 Å². The Balaban J connectivity index is 1.23. The average Bonchev–Trinajstić information content (AvgIpc) is 3.79. The predicted octanol–water partition coefficient (Wildman–Crippen LogP) is 9.05. The fourth-order valence-electron chi connectivity index (χ4n) is 6.84. The Morgan fingerprint density at radius 3 is 1.70 bits per heavy atom. The number of hydrogen-bond donors (Lipinski definition) is 0. The molecule has 0 N–H and O–H groups in total. The van der Waals surface area contributed by atoms with E-state index in [0.717, 1.165) is 66.5 Å². The first-order chi connectivity index (χ1) is 23.3. The van der Waals surface area contributed by atoms with E-state index in [1.54, 1.807) is 0 Å². The van der Waals surface area contributed by atoms with Crippen LogP contribution in [0.3, 0.4) is 0 Å². The second-order valence-corrected chi connectivity index (χ2v) is 11.6. The molecule has 7 heteroatoms. The molecule has 0 amide bonds. The minimum absolute atomic E-state index is 0.574. The Labute approximate surface area is 268 Å². The van der Waals surface area contributed by atoms with E-state index in [0.29, 0.717) is 17.6 Å². The van der Waals surface area contributed by atoms with Crippen molar-refractivity contribution in [2.75, 3.05) is 0 Å². The Bertz CT molecular complexity index is 2750. The van der Waals surface area contributed by atoms with Gasteiger partial charge in [0.25, 0.3) is 0 Å². The van der Waals surface area contributed by atoms with Crippen LogP contribution < -0.4 is 0 Å². The molecular formula is C40H25N7. The minimum atomic E-state index is 0.574. The average molecular weight is 604 g/mol. The van der Waals surface area contributed by atoms with Gasteiger partial charge in [-0.3, -0.25) is 13.5 Å². The maximum absolute atomic E-state index is 5.16. The standard InChI is InChI=1S/C40H25N7/c1-2-13-26(14-3-1)37-42-38(44-39(43-37)46-32-20-7-4-17-29(32)30-18-5-8-21-33(30)46)27-15-12-16-28(25-27)45-35-23-10-11-24-36(35)47-34-22-9-6-19-31(34)41-40(45)47/h1-25H. The van der Waals surface area contributed by atoms with Gasteiger partial charge in [-0.05, 0) is 48.5 Å². The largest absolute Gasteiger partial charge is 0.278 e. The van der Waals surface area contributed by atoms with Crippen molar-refractivity contribution in [2.24, 2.45) is 0 Å². The van der Waals surface area contributed by atoms with Gasteiger partial charge in [0, 0.05) is 27.6 Å². The quantitative estimate of drug-likeness (QED) is 0.201. The molecule has 220 valence electrons. The summed E-state index contributed by atoms with van der Waals surface area (Å²) >= 11 is 0. The molecule has 0 spiro atoms. The molecule has 10 aromatic rings. The summed E-state index contributed by atoms with van der Waals surface area (Å²) < 4.78 is 6.59. The third kappa shape index (κ3) is 3.87. The van der Waals surface area contributed by atoms with Crippen LogP contribution in [0, 0.1) is 0 Å². The van der Waals surface area contributed by atoms with Gasteiger partial charge < -0.3 is 0 Å². The lowest BCUT2D eigenvalue weighted by Crippen LogP contribution is -2.06. The SMILES string of the molecule is c1ccc(-c2nc(-c3cccc(-n4c5ccccc5n5c6ccccc6nc45)c3)nc(-n3c4ccccc4c4ccccc43)n2)cc1. The lowest BCUT2D eigenvalue weighted by molar-refractivity contribution is 0.953. The summed E-state index contributed by atoms with van der Waals surface area (Å²) in [6, 6.07) is 52.0. The summed E-state index contributed by atoms with van der Waals surface area (Å²) in [4.78, 5) is 20.4. The monoisotopic (exact) mass is 603 g/mol. The van der Waals surface area contributed by atoms with Gasteiger partial charge in [0.05, 0.1) is 33.1 Å². The van der Waals surface area contributed by atoms with Crippen LogP contribution in [-0.4, -0.2) is 33.5 Å². The van der Waals surface area contributed by atoms with E-state index in [1.807, 2.05) is 36.4 Å². The fourth-order valence-corrected chi connectivity index (χ4v) is 6.84. The molecule has 0 aliphatic carbocycles. The van der Waals surface area contributed by atoms with Crippen molar-refractivity contribution in [3.05, 3.63) is 152 Å². The number of imidazole rings is 2. The van der Waals surface area contributed by atoms with Gasteiger partial charge >= 0.3 is 0 Å². The summed E-state index contributed by atoms with van der Waals surface area (Å²) in [6.45, 7) is 0. The van der Waals surface area contributed by atoms with Crippen LogP contribution in [0.2, 0.25) is 0 Å². The first-order valence-corrected chi connectivity index (χ1v) is 15.6. The first-order valence-electron chi connectivity index (χ1n) is 15.6. The molecule has 0 unspecified atom stereocenters. The molecule has 0 fully saturated rings. The summed E-state index contributed by atoms with van der Waals surface area (Å²) in [5, 5.41) is 2.31. The number of rotatable bonds is 4. The van der Waals surface area contributed by atoms with Crippen LogP contribution in [0.5, 0.6) is 0 Å². The third-order valence-electron chi connectivity index (χ3n) is 8.90.